The standard InChI is InChI=1S/C27H36ClF3N2O5S/c1-26(2,13-7-10-20-9-4-5-11-24(20)28)32-17-22(34)18-33(3)39(37,38)23-15-19(8-6-12-25(35)36)14-21(16-23)27(29,30)31/h4-5,9,11,14-16,22,32,34H,6-8,10,12-13,17-18H2,1-3H3,(H,35,36). The molecule has 0 spiro atoms. The number of nitrogens with zero attached hydrogens (tertiary/aromatic N) is 1. The van der Waals surface area contributed by atoms with Crippen LogP contribution >= 0.6 is 11.6 Å². The van der Waals surface area contributed by atoms with E-state index in [2.05, 4.69) is 5.32 Å². The zero-order valence-electron chi connectivity index (χ0n) is 22.3. The highest BCUT2D eigenvalue weighted by atomic mass is 35.5. The topological polar surface area (TPSA) is 107 Å². The van der Waals surface area contributed by atoms with Crippen LogP contribution in [0.4, 0.5) is 13.2 Å². The number of halogens is 4. The first-order valence-electron chi connectivity index (χ1n) is 12.6. The minimum Gasteiger partial charge on any atom is -0.481 e. The number of aliphatic hydroxyl groups is 1. The number of carboxylic acids is 1. The summed E-state index contributed by atoms with van der Waals surface area (Å²) >= 11 is 6.20. The Bertz CT molecular complexity index is 1220. The van der Waals surface area contributed by atoms with Crippen molar-refractivity contribution in [1.29, 1.82) is 0 Å². The Kier molecular flexibility index (Phi) is 11.8. The average Bonchev–Trinajstić information content (AvgIpc) is 2.83. The van der Waals surface area contributed by atoms with Gasteiger partial charge in [0.1, 0.15) is 0 Å². The normalized spacial score (nSPS) is 13.6. The van der Waals surface area contributed by atoms with Crippen LogP contribution in [0.2, 0.25) is 5.02 Å². The van der Waals surface area contributed by atoms with Crippen molar-refractivity contribution in [3.63, 3.8) is 0 Å². The van der Waals surface area contributed by atoms with Gasteiger partial charge in [0, 0.05) is 37.1 Å². The molecule has 0 aliphatic heterocycles. The summed E-state index contributed by atoms with van der Waals surface area (Å²) in [6.45, 7) is 3.65. The summed E-state index contributed by atoms with van der Waals surface area (Å²) in [4.78, 5) is 10.2. The van der Waals surface area contributed by atoms with Crippen molar-refractivity contribution in [1.82, 2.24) is 9.62 Å². The van der Waals surface area contributed by atoms with Gasteiger partial charge in [0.05, 0.1) is 16.6 Å². The maximum absolute atomic E-state index is 13.5. The van der Waals surface area contributed by atoms with Crippen LogP contribution in [0.1, 0.15) is 56.2 Å². The number of hydrogen-bond acceptors (Lipinski definition) is 5. The van der Waals surface area contributed by atoms with E-state index in [-0.39, 0.29) is 43.5 Å². The molecule has 2 rings (SSSR count). The fourth-order valence-electron chi connectivity index (χ4n) is 4.11. The summed E-state index contributed by atoms with van der Waals surface area (Å²) in [7, 11) is -3.17. The summed E-state index contributed by atoms with van der Waals surface area (Å²) in [6, 6.07) is 10.1. The molecule has 0 bridgehead atoms. The zero-order chi connectivity index (χ0) is 29.4. The quantitative estimate of drug-likeness (QED) is 0.264. The molecule has 12 heteroatoms. The molecule has 2 aromatic carbocycles. The van der Waals surface area contributed by atoms with Gasteiger partial charge < -0.3 is 15.5 Å². The van der Waals surface area contributed by atoms with E-state index >= 15 is 0 Å². The molecular formula is C27H36ClF3N2O5S. The maximum Gasteiger partial charge on any atom is 0.416 e. The summed E-state index contributed by atoms with van der Waals surface area (Å²) in [5, 5.41) is 23.2. The number of aliphatic hydroxyl groups excluding tert-OH is 1. The van der Waals surface area contributed by atoms with E-state index in [1.165, 1.54) is 7.05 Å². The number of nitrogens with one attached hydrogen (secondary N) is 1. The third-order valence-corrected chi connectivity index (χ3v) is 8.52. The lowest BCUT2D eigenvalue weighted by atomic mass is 9.95. The first-order valence-corrected chi connectivity index (χ1v) is 14.4. The number of hydrogen-bond donors (Lipinski definition) is 3. The van der Waals surface area contributed by atoms with Gasteiger partial charge in [-0.3, -0.25) is 4.79 Å². The summed E-state index contributed by atoms with van der Waals surface area (Å²) in [6.07, 6.45) is -3.75. The van der Waals surface area contributed by atoms with Gasteiger partial charge in [-0.1, -0.05) is 29.8 Å². The molecule has 0 amide bonds. The van der Waals surface area contributed by atoms with Crippen molar-refractivity contribution in [3.8, 4) is 0 Å². The average molecular weight is 593 g/mol. The van der Waals surface area contributed by atoms with E-state index in [1.807, 2.05) is 38.1 Å². The molecule has 0 aromatic heterocycles. The number of likely N-dealkylation sites (N-methyl/N-ethyl adjacent to an activating group) is 1. The number of benzene rings is 2. The van der Waals surface area contributed by atoms with Crippen molar-refractivity contribution >= 4 is 27.6 Å². The van der Waals surface area contributed by atoms with E-state index < -0.39 is 38.7 Å². The molecule has 3 N–H and O–H groups in total. The van der Waals surface area contributed by atoms with Crippen LogP contribution < -0.4 is 5.32 Å². The van der Waals surface area contributed by atoms with Crippen molar-refractivity contribution in [3.05, 3.63) is 64.2 Å². The number of rotatable bonds is 15. The Morgan fingerprint density at radius 2 is 1.77 bits per heavy atom. The van der Waals surface area contributed by atoms with Gasteiger partial charge >= 0.3 is 12.1 Å². The van der Waals surface area contributed by atoms with Crippen molar-refractivity contribution in [2.24, 2.45) is 0 Å². The highest BCUT2D eigenvalue weighted by Crippen LogP contribution is 2.33. The third kappa shape index (κ3) is 10.7. The number of carboxylic acid groups (broad SMARTS) is 1. The number of aryl methyl sites for hydroxylation is 2. The molecule has 0 radical (unpaired) electrons. The first kappa shape index (κ1) is 33.0. The molecule has 39 heavy (non-hydrogen) atoms. The lowest BCUT2D eigenvalue weighted by Gasteiger charge is -2.29. The largest absolute Gasteiger partial charge is 0.481 e. The molecule has 218 valence electrons. The van der Waals surface area contributed by atoms with Gasteiger partial charge in [-0.2, -0.15) is 17.5 Å². The van der Waals surface area contributed by atoms with Crippen LogP contribution in [0, 0.1) is 0 Å². The molecule has 1 unspecified atom stereocenters. The van der Waals surface area contributed by atoms with Crippen molar-refractivity contribution in [2.75, 3.05) is 20.1 Å². The molecule has 0 heterocycles. The minimum atomic E-state index is -4.79. The van der Waals surface area contributed by atoms with Crippen LogP contribution in [0.25, 0.3) is 0 Å². The number of aliphatic carboxylic acids is 1. The Labute approximate surface area is 233 Å². The first-order chi connectivity index (χ1) is 18.0. The molecule has 0 saturated heterocycles. The monoisotopic (exact) mass is 592 g/mol. The van der Waals surface area contributed by atoms with Crippen molar-refractivity contribution < 1.29 is 36.6 Å². The number of alkyl halides is 3. The molecular weight excluding hydrogens is 557 g/mol. The number of sulfonamides is 1. The highest BCUT2D eigenvalue weighted by Gasteiger charge is 2.34. The predicted octanol–water partition coefficient (Wildman–Crippen LogP) is 5.14. The lowest BCUT2D eigenvalue weighted by Crippen LogP contribution is -2.46. The molecule has 2 aromatic rings. The van der Waals surface area contributed by atoms with Gasteiger partial charge in [0.2, 0.25) is 10.0 Å². The Balaban J connectivity index is 2.01. The summed E-state index contributed by atoms with van der Waals surface area (Å²) < 4.78 is 67.4. The third-order valence-electron chi connectivity index (χ3n) is 6.35. The fraction of sp³-hybridized carbons (Fsp3) is 0.519. The highest BCUT2D eigenvalue weighted by molar-refractivity contribution is 7.89. The fourth-order valence-corrected chi connectivity index (χ4v) is 5.64. The maximum atomic E-state index is 13.5. The Morgan fingerprint density at radius 3 is 2.38 bits per heavy atom. The lowest BCUT2D eigenvalue weighted by molar-refractivity contribution is -0.138. The van der Waals surface area contributed by atoms with Crippen LogP contribution in [0.15, 0.2) is 47.4 Å². The van der Waals surface area contributed by atoms with Crippen LogP contribution in [-0.2, 0) is 33.8 Å². The SMILES string of the molecule is CN(CC(O)CNC(C)(C)CCCc1ccccc1Cl)S(=O)(=O)c1cc(CCCC(=O)O)cc(C(F)(F)F)c1. The van der Waals surface area contributed by atoms with Crippen LogP contribution in [0.5, 0.6) is 0 Å². The van der Waals surface area contributed by atoms with Gasteiger partial charge in [-0.15, -0.1) is 0 Å². The second-order valence-corrected chi connectivity index (χ2v) is 12.7. The molecule has 0 saturated carbocycles. The number of carbonyl (C=O) groups is 1. The van der Waals surface area contributed by atoms with E-state index in [0.717, 1.165) is 41.3 Å². The Hall–Kier alpha value is -2.18. The van der Waals surface area contributed by atoms with Gasteiger partial charge in [0.25, 0.3) is 0 Å². The predicted molar refractivity (Wildman–Crippen MR) is 144 cm³/mol. The molecule has 0 fully saturated rings. The van der Waals surface area contributed by atoms with E-state index in [0.29, 0.717) is 11.1 Å². The minimum absolute atomic E-state index is 0.0272. The van der Waals surface area contributed by atoms with E-state index in [9.17, 15) is 31.5 Å². The Morgan fingerprint density at radius 1 is 1.10 bits per heavy atom. The second-order valence-electron chi connectivity index (χ2n) is 10.3. The van der Waals surface area contributed by atoms with E-state index in [4.69, 9.17) is 16.7 Å². The van der Waals surface area contributed by atoms with Gasteiger partial charge in [0.15, 0.2) is 0 Å². The second kappa shape index (κ2) is 13.9. The number of β-amino-alcohol motifs (C(OH)–C–C–N with tert-alkyl or cyclic N) is 1. The van der Waals surface area contributed by atoms with E-state index in [1.54, 1.807) is 0 Å². The smallest absolute Gasteiger partial charge is 0.416 e. The zero-order valence-corrected chi connectivity index (χ0v) is 23.8. The molecule has 0 aliphatic rings. The van der Waals surface area contributed by atoms with Crippen LogP contribution in [-0.4, -0.2) is 60.7 Å². The summed E-state index contributed by atoms with van der Waals surface area (Å²) in [5.41, 5.74) is -0.394. The van der Waals surface area contributed by atoms with Crippen molar-refractivity contribution in [2.45, 2.75) is 75.1 Å². The van der Waals surface area contributed by atoms with Crippen LogP contribution in [0.3, 0.4) is 0 Å². The molecule has 1 atom stereocenters. The summed E-state index contributed by atoms with van der Waals surface area (Å²) in [5.74, 6) is -1.10. The molecule has 0 aliphatic carbocycles. The van der Waals surface area contributed by atoms with Gasteiger partial charge in [-0.05, 0) is 81.3 Å². The molecule has 7 nitrogen and oxygen atoms in total. The van der Waals surface area contributed by atoms with Gasteiger partial charge in [-0.25, -0.2) is 8.42 Å².